The van der Waals surface area contributed by atoms with Gasteiger partial charge in [0.2, 0.25) is 0 Å². The summed E-state index contributed by atoms with van der Waals surface area (Å²) in [7, 11) is 1.23. The molecule has 27 heavy (non-hydrogen) atoms. The van der Waals surface area contributed by atoms with E-state index in [1.54, 1.807) is 0 Å². The van der Waals surface area contributed by atoms with Crippen molar-refractivity contribution in [3.8, 4) is 11.1 Å². The maximum atomic E-state index is 13.8. The number of carbonyl (C=O) groups excluding carboxylic acids is 2. The maximum absolute atomic E-state index is 13.8. The molecule has 0 unspecified atom stereocenters. The van der Waals surface area contributed by atoms with Crippen LogP contribution in [0.25, 0.3) is 11.1 Å². The molecule has 1 aliphatic heterocycles. The Labute approximate surface area is 156 Å². The van der Waals surface area contributed by atoms with E-state index < -0.39 is 24.3 Å². The SMILES string of the molecule is COC(=O)[C@@H]1C[C@@H](F)CN1C(=O)OCC1c2ccccc2-c2ccccc21. The number of hydrogen-bond donors (Lipinski definition) is 0. The van der Waals surface area contributed by atoms with E-state index >= 15 is 0 Å². The lowest BCUT2D eigenvalue weighted by Crippen LogP contribution is -2.41. The molecule has 2 atom stereocenters. The molecular formula is C21H20FNO4. The lowest BCUT2D eigenvalue weighted by Gasteiger charge is -2.23. The monoisotopic (exact) mass is 369 g/mol. The smallest absolute Gasteiger partial charge is 0.410 e. The third-order valence-corrected chi connectivity index (χ3v) is 5.29. The first-order valence-electron chi connectivity index (χ1n) is 8.93. The van der Waals surface area contributed by atoms with Crippen molar-refractivity contribution in [1.82, 2.24) is 4.90 Å². The Morgan fingerprint density at radius 2 is 1.67 bits per heavy atom. The maximum Gasteiger partial charge on any atom is 0.410 e. The lowest BCUT2D eigenvalue weighted by atomic mass is 9.98. The normalized spacial score (nSPS) is 20.9. The highest BCUT2D eigenvalue weighted by Crippen LogP contribution is 2.44. The molecule has 1 amide bonds. The minimum absolute atomic E-state index is 0.0587. The van der Waals surface area contributed by atoms with Crippen molar-refractivity contribution in [2.75, 3.05) is 20.3 Å². The van der Waals surface area contributed by atoms with Gasteiger partial charge in [-0.1, -0.05) is 48.5 Å². The Morgan fingerprint density at radius 3 is 2.26 bits per heavy atom. The summed E-state index contributed by atoms with van der Waals surface area (Å²) in [5, 5.41) is 0. The van der Waals surface area contributed by atoms with E-state index in [1.807, 2.05) is 36.4 Å². The Kier molecular flexibility index (Phi) is 4.56. The van der Waals surface area contributed by atoms with Crippen molar-refractivity contribution in [3.63, 3.8) is 0 Å². The zero-order valence-electron chi connectivity index (χ0n) is 14.9. The molecule has 2 aliphatic rings. The summed E-state index contributed by atoms with van der Waals surface area (Å²) in [4.78, 5) is 25.5. The van der Waals surface area contributed by atoms with Crippen LogP contribution < -0.4 is 0 Å². The van der Waals surface area contributed by atoms with Crippen LogP contribution in [0.3, 0.4) is 0 Å². The summed E-state index contributed by atoms with van der Waals surface area (Å²) in [6.07, 6.45) is -2.00. The van der Waals surface area contributed by atoms with Crippen molar-refractivity contribution in [2.45, 2.75) is 24.6 Å². The fraction of sp³-hybridized carbons (Fsp3) is 0.333. The third kappa shape index (κ3) is 3.05. The Hall–Kier alpha value is -2.89. The molecule has 4 rings (SSSR count). The van der Waals surface area contributed by atoms with E-state index in [-0.39, 0.29) is 25.5 Å². The van der Waals surface area contributed by atoms with Crippen molar-refractivity contribution >= 4 is 12.1 Å². The molecule has 6 heteroatoms. The van der Waals surface area contributed by atoms with Gasteiger partial charge < -0.3 is 9.47 Å². The van der Waals surface area contributed by atoms with Gasteiger partial charge in [0, 0.05) is 12.3 Å². The van der Waals surface area contributed by atoms with Crippen LogP contribution in [-0.2, 0) is 14.3 Å². The highest BCUT2D eigenvalue weighted by atomic mass is 19.1. The summed E-state index contributed by atoms with van der Waals surface area (Å²) in [5.41, 5.74) is 4.46. The van der Waals surface area contributed by atoms with Crippen LogP contribution in [0, 0.1) is 0 Å². The number of alkyl halides is 1. The molecule has 2 aromatic rings. The van der Waals surface area contributed by atoms with Crippen LogP contribution >= 0.6 is 0 Å². The first-order chi connectivity index (χ1) is 13.1. The van der Waals surface area contributed by atoms with Gasteiger partial charge in [0.05, 0.1) is 13.7 Å². The van der Waals surface area contributed by atoms with Crippen LogP contribution in [0.1, 0.15) is 23.5 Å². The van der Waals surface area contributed by atoms with E-state index in [9.17, 15) is 14.0 Å². The van der Waals surface area contributed by atoms with Crippen molar-refractivity contribution < 1.29 is 23.5 Å². The number of halogens is 1. The summed E-state index contributed by atoms with van der Waals surface area (Å²) in [5.74, 6) is -0.703. The highest BCUT2D eigenvalue weighted by molar-refractivity contribution is 5.82. The number of methoxy groups -OCH3 is 1. The summed E-state index contributed by atoms with van der Waals surface area (Å²) in [6.45, 7) is -0.0232. The second kappa shape index (κ2) is 7.02. The molecule has 1 heterocycles. The fourth-order valence-corrected chi connectivity index (χ4v) is 4.02. The van der Waals surface area contributed by atoms with Crippen molar-refractivity contribution in [3.05, 3.63) is 59.7 Å². The highest BCUT2D eigenvalue weighted by Gasteiger charge is 2.42. The average Bonchev–Trinajstić information content (AvgIpc) is 3.24. The van der Waals surface area contributed by atoms with Gasteiger partial charge in [-0.15, -0.1) is 0 Å². The lowest BCUT2D eigenvalue weighted by molar-refractivity contribution is -0.145. The second-order valence-electron chi connectivity index (χ2n) is 6.83. The van der Waals surface area contributed by atoms with E-state index in [0.29, 0.717) is 0 Å². The van der Waals surface area contributed by atoms with E-state index in [4.69, 9.17) is 4.74 Å². The van der Waals surface area contributed by atoms with Crippen LogP contribution in [0.15, 0.2) is 48.5 Å². The fourth-order valence-electron chi connectivity index (χ4n) is 4.02. The Balaban J connectivity index is 1.52. The molecule has 0 saturated carbocycles. The first kappa shape index (κ1) is 17.5. The number of likely N-dealkylation sites (tertiary alicyclic amines) is 1. The van der Waals surface area contributed by atoms with Gasteiger partial charge in [-0.05, 0) is 22.3 Å². The number of carbonyl (C=O) groups is 2. The number of rotatable bonds is 3. The molecule has 1 aliphatic carbocycles. The summed E-state index contributed by atoms with van der Waals surface area (Å²) in [6, 6.07) is 15.1. The number of amides is 1. The zero-order valence-corrected chi connectivity index (χ0v) is 14.9. The van der Waals surface area contributed by atoms with E-state index in [0.717, 1.165) is 27.2 Å². The molecule has 0 radical (unpaired) electrons. The number of esters is 1. The molecule has 5 nitrogen and oxygen atoms in total. The van der Waals surface area contributed by atoms with Crippen LogP contribution in [-0.4, -0.2) is 49.4 Å². The predicted molar refractivity (Wildman–Crippen MR) is 97.1 cm³/mol. The second-order valence-corrected chi connectivity index (χ2v) is 6.83. The molecular weight excluding hydrogens is 349 g/mol. The first-order valence-corrected chi connectivity index (χ1v) is 8.93. The molecule has 1 fully saturated rings. The minimum atomic E-state index is -1.26. The van der Waals surface area contributed by atoms with Gasteiger partial charge in [-0.3, -0.25) is 4.90 Å². The summed E-state index contributed by atoms with van der Waals surface area (Å²) < 4.78 is 23.9. The van der Waals surface area contributed by atoms with Gasteiger partial charge in [0.25, 0.3) is 0 Å². The molecule has 0 bridgehead atoms. The van der Waals surface area contributed by atoms with Crippen molar-refractivity contribution in [2.24, 2.45) is 0 Å². The van der Waals surface area contributed by atoms with Gasteiger partial charge in [0.1, 0.15) is 18.8 Å². The Morgan fingerprint density at radius 1 is 1.07 bits per heavy atom. The van der Waals surface area contributed by atoms with Gasteiger partial charge in [-0.25, -0.2) is 14.0 Å². The standard InChI is InChI=1S/C21H20FNO4/c1-26-20(24)19-10-13(22)11-23(19)21(25)27-12-18-16-8-4-2-6-14(16)15-7-3-5-9-17(15)18/h2-9,13,18-19H,10-12H2,1H3/t13-,19+/m1/s1. The molecule has 2 aromatic carbocycles. The number of nitrogens with zero attached hydrogens (tertiary/aromatic N) is 1. The predicted octanol–water partition coefficient (Wildman–Crippen LogP) is 3.52. The average molecular weight is 369 g/mol. The van der Waals surface area contributed by atoms with Gasteiger partial charge >= 0.3 is 12.1 Å². The molecule has 1 saturated heterocycles. The van der Waals surface area contributed by atoms with E-state index in [1.165, 1.54) is 7.11 Å². The number of benzene rings is 2. The minimum Gasteiger partial charge on any atom is -0.467 e. The van der Waals surface area contributed by atoms with Crippen LogP contribution in [0.4, 0.5) is 9.18 Å². The van der Waals surface area contributed by atoms with E-state index in [2.05, 4.69) is 16.9 Å². The topological polar surface area (TPSA) is 55.8 Å². The quantitative estimate of drug-likeness (QED) is 0.777. The molecule has 0 aromatic heterocycles. The van der Waals surface area contributed by atoms with Crippen molar-refractivity contribution in [1.29, 1.82) is 0 Å². The van der Waals surface area contributed by atoms with Gasteiger partial charge in [0.15, 0.2) is 0 Å². The van der Waals surface area contributed by atoms with Crippen LogP contribution in [0.2, 0.25) is 0 Å². The van der Waals surface area contributed by atoms with Crippen LogP contribution in [0.5, 0.6) is 0 Å². The molecule has 0 N–H and O–H groups in total. The zero-order chi connectivity index (χ0) is 19.0. The number of hydrogen-bond acceptors (Lipinski definition) is 4. The number of fused-ring (bicyclic) bond motifs is 3. The Bertz CT molecular complexity index is 838. The molecule has 140 valence electrons. The number of ether oxygens (including phenoxy) is 2. The molecule has 0 spiro atoms. The summed E-state index contributed by atoms with van der Waals surface area (Å²) >= 11 is 0. The third-order valence-electron chi connectivity index (χ3n) is 5.29. The van der Waals surface area contributed by atoms with Gasteiger partial charge in [-0.2, -0.15) is 0 Å². The largest absolute Gasteiger partial charge is 0.467 e.